The Hall–Kier alpha value is -0.250. The number of sulfonamides is 1. The van der Waals surface area contributed by atoms with E-state index in [2.05, 4.69) is 4.72 Å². The van der Waals surface area contributed by atoms with Gasteiger partial charge in [-0.15, -0.1) is 0 Å². The predicted molar refractivity (Wildman–Crippen MR) is 57.5 cm³/mol. The Morgan fingerprint density at radius 1 is 1.64 bits per heavy atom. The van der Waals surface area contributed by atoms with Gasteiger partial charge in [-0.05, 0) is 25.5 Å². The molecular formula is C8H14N2O2S2. The van der Waals surface area contributed by atoms with Gasteiger partial charge >= 0.3 is 0 Å². The molecule has 2 atom stereocenters. The van der Waals surface area contributed by atoms with Crippen molar-refractivity contribution < 1.29 is 8.42 Å². The molecule has 1 fully saturated rings. The van der Waals surface area contributed by atoms with Gasteiger partial charge in [0.2, 0.25) is 10.0 Å². The molecule has 1 aliphatic rings. The zero-order valence-electron chi connectivity index (χ0n) is 8.06. The van der Waals surface area contributed by atoms with E-state index in [0.29, 0.717) is 0 Å². The maximum atomic E-state index is 11.5. The molecule has 80 valence electrons. The van der Waals surface area contributed by atoms with E-state index in [0.717, 1.165) is 24.3 Å². The van der Waals surface area contributed by atoms with Crippen molar-refractivity contribution in [3.8, 4) is 6.07 Å². The zero-order valence-corrected chi connectivity index (χ0v) is 9.70. The maximum Gasteiger partial charge on any atom is 0.227 e. The topological polar surface area (TPSA) is 70.0 Å². The molecule has 0 aromatic carbocycles. The SMILES string of the molecule is CC(C#N)S(=O)(=O)NC1CCCSC1. The number of hydrogen-bond donors (Lipinski definition) is 1. The molecule has 14 heavy (non-hydrogen) atoms. The number of thioether (sulfide) groups is 1. The summed E-state index contributed by atoms with van der Waals surface area (Å²) in [6.07, 6.45) is 1.92. The van der Waals surface area contributed by atoms with Crippen molar-refractivity contribution in [2.75, 3.05) is 11.5 Å². The van der Waals surface area contributed by atoms with Crippen LogP contribution in [-0.4, -0.2) is 31.2 Å². The van der Waals surface area contributed by atoms with Crippen LogP contribution < -0.4 is 4.72 Å². The number of nitriles is 1. The second-order valence-electron chi connectivity index (χ2n) is 3.35. The Labute approximate surface area is 89.1 Å². The average Bonchev–Trinajstić information content (AvgIpc) is 2.17. The summed E-state index contributed by atoms with van der Waals surface area (Å²) in [5, 5.41) is 7.56. The van der Waals surface area contributed by atoms with Crippen LogP contribution in [0.2, 0.25) is 0 Å². The summed E-state index contributed by atoms with van der Waals surface area (Å²) < 4.78 is 25.5. The van der Waals surface area contributed by atoms with Crippen LogP contribution >= 0.6 is 11.8 Å². The minimum Gasteiger partial charge on any atom is -0.211 e. The van der Waals surface area contributed by atoms with Crippen LogP contribution in [0.1, 0.15) is 19.8 Å². The van der Waals surface area contributed by atoms with E-state index in [9.17, 15) is 8.42 Å². The first kappa shape index (κ1) is 11.8. The summed E-state index contributed by atoms with van der Waals surface area (Å²) >= 11 is 1.75. The third-order valence-corrected chi connectivity index (χ3v) is 5.05. The van der Waals surface area contributed by atoms with E-state index in [1.54, 1.807) is 17.8 Å². The number of hydrogen-bond acceptors (Lipinski definition) is 4. The standard InChI is InChI=1S/C8H14N2O2S2/c1-7(5-9)14(11,12)10-8-3-2-4-13-6-8/h7-8,10H,2-4,6H2,1H3. The lowest BCUT2D eigenvalue weighted by molar-refractivity contribution is 0.540. The first-order valence-corrected chi connectivity index (χ1v) is 7.25. The lowest BCUT2D eigenvalue weighted by atomic mass is 10.2. The normalized spacial score (nSPS) is 25.3. The van der Waals surface area contributed by atoms with Gasteiger partial charge in [0.15, 0.2) is 5.25 Å². The largest absolute Gasteiger partial charge is 0.227 e. The highest BCUT2D eigenvalue weighted by molar-refractivity contribution is 7.99. The summed E-state index contributed by atoms with van der Waals surface area (Å²) in [6.45, 7) is 1.40. The van der Waals surface area contributed by atoms with E-state index >= 15 is 0 Å². The molecule has 6 heteroatoms. The van der Waals surface area contributed by atoms with Gasteiger partial charge in [0.05, 0.1) is 6.07 Å². The highest BCUT2D eigenvalue weighted by atomic mass is 32.2. The van der Waals surface area contributed by atoms with Crippen LogP contribution in [0.15, 0.2) is 0 Å². The van der Waals surface area contributed by atoms with Gasteiger partial charge in [0, 0.05) is 11.8 Å². The fourth-order valence-corrected chi connectivity index (χ4v) is 3.42. The van der Waals surface area contributed by atoms with Crippen molar-refractivity contribution >= 4 is 21.8 Å². The highest BCUT2D eigenvalue weighted by Gasteiger charge is 2.25. The number of rotatable bonds is 3. The van der Waals surface area contributed by atoms with Gasteiger partial charge in [-0.25, -0.2) is 13.1 Å². The minimum absolute atomic E-state index is 0.00884. The molecule has 0 aromatic heterocycles. The van der Waals surface area contributed by atoms with Crippen LogP contribution in [-0.2, 0) is 10.0 Å². The Morgan fingerprint density at radius 3 is 2.86 bits per heavy atom. The summed E-state index contributed by atoms with van der Waals surface area (Å²) in [7, 11) is -3.43. The monoisotopic (exact) mass is 234 g/mol. The summed E-state index contributed by atoms with van der Waals surface area (Å²) in [4.78, 5) is 0. The van der Waals surface area contributed by atoms with Crippen molar-refractivity contribution in [3.63, 3.8) is 0 Å². The first-order valence-electron chi connectivity index (χ1n) is 4.55. The molecule has 0 amide bonds. The van der Waals surface area contributed by atoms with E-state index in [1.807, 2.05) is 0 Å². The fourth-order valence-electron chi connectivity index (χ4n) is 1.24. The molecule has 1 saturated heterocycles. The van der Waals surface area contributed by atoms with E-state index < -0.39 is 15.3 Å². The molecule has 2 unspecified atom stereocenters. The van der Waals surface area contributed by atoms with Crippen molar-refractivity contribution in [2.45, 2.75) is 31.1 Å². The third kappa shape index (κ3) is 3.15. The lowest BCUT2D eigenvalue weighted by Gasteiger charge is -2.22. The highest BCUT2D eigenvalue weighted by Crippen LogP contribution is 2.18. The van der Waals surface area contributed by atoms with Crippen LogP contribution in [0.25, 0.3) is 0 Å². The number of nitrogens with one attached hydrogen (secondary N) is 1. The molecule has 4 nitrogen and oxygen atoms in total. The van der Waals surface area contributed by atoms with Crippen molar-refractivity contribution in [2.24, 2.45) is 0 Å². The van der Waals surface area contributed by atoms with Gasteiger partial charge in [0.1, 0.15) is 0 Å². The quantitative estimate of drug-likeness (QED) is 0.781. The third-order valence-electron chi connectivity index (χ3n) is 2.14. The van der Waals surface area contributed by atoms with Crippen molar-refractivity contribution in [3.05, 3.63) is 0 Å². The molecule has 0 aromatic rings. The Bertz CT molecular complexity index is 315. The zero-order chi connectivity index (χ0) is 10.6. The molecule has 1 rings (SSSR count). The Morgan fingerprint density at radius 2 is 2.36 bits per heavy atom. The van der Waals surface area contributed by atoms with Gasteiger partial charge in [-0.1, -0.05) is 0 Å². The molecule has 1 aliphatic heterocycles. The molecule has 1 N–H and O–H groups in total. The molecule has 0 saturated carbocycles. The molecule has 0 spiro atoms. The molecule has 0 aliphatic carbocycles. The van der Waals surface area contributed by atoms with Gasteiger partial charge in [0.25, 0.3) is 0 Å². The minimum atomic E-state index is -3.43. The Balaban J connectivity index is 2.54. The number of nitrogens with zero attached hydrogens (tertiary/aromatic N) is 1. The second-order valence-corrected chi connectivity index (χ2v) is 6.53. The predicted octanol–water partition coefficient (Wildman–Crippen LogP) is 0.713. The fraction of sp³-hybridized carbons (Fsp3) is 0.875. The summed E-state index contributed by atoms with van der Waals surface area (Å²) in [6, 6.07) is 1.75. The first-order chi connectivity index (χ1) is 6.56. The van der Waals surface area contributed by atoms with E-state index in [-0.39, 0.29) is 6.04 Å². The van der Waals surface area contributed by atoms with Crippen LogP contribution in [0.4, 0.5) is 0 Å². The lowest BCUT2D eigenvalue weighted by Crippen LogP contribution is -2.42. The second kappa shape index (κ2) is 5.01. The van der Waals surface area contributed by atoms with Crippen molar-refractivity contribution in [1.29, 1.82) is 5.26 Å². The smallest absolute Gasteiger partial charge is 0.211 e. The van der Waals surface area contributed by atoms with Crippen LogP contribution in [0.5, 0.6) is 0 Å². The molecule has 1 heterocycles. The van der Waals surface area contributed by atoms with Crippen molar-refractivity contribution in [1.82, 2.24) is 4.72 Å². The van der Waals surface area contributed by atoms with Crippen LogP contribution in [0.3, 0.4) is 0 Å². The van der Waals surface area contributed by atoms with Gasteiger partial charge in [-0.2, -0.15) is 17.0 Å². The summed E-state index contributed by atoms with van der Waals surface area (Å²) in [5.41, 5.74) is 0. The van der Waals surface area contributed by atoms with E-state index in [4.69, 9.17) is 5.26 Å². The Kier molecular flexibility index (Phi) is 4.23. The molecular weight excluding hydrogens is 220 g/mol. The summed E-state index contributed by atoms with van der Waals surface area (Å²) in [5.74, 6) is 1.92. The van der Waals surface area contributed by atoms with Crippen LogP contribution in [0, 0.1) is 11.3 Å². The van der Waals surface area contributed by atoms with E-state index in [1.165, 1.54) is 6.92 Å². The van der Waals surface area contributed by atoms with Gasteiger partial charge < -0.3 is 0 Å². The molecule has 0 bridgehead atoms. The van der Waals surface area contributed by atoms with Gasteiger partial charge in [-0.3, -0.25) is 0 Å². The molecule has 0 radical (unpaired) electrons. The average molecular weight is 234 g/mol. The maximum absolute atomic E-state index is 11.5.